The molecule has 0 radical (unpaired) electrons. The third-order valence-electron chi connectivity index (χ3n) is 2.37. The van der Waals surface area contributed by atoms with Crippen molar-refractivity contribution < 1.29 is 9.59 Å². The normalized spacial score (nSPS) is 17.6. The second-order valence-corrected chi connectivity index (χ2v) is 3.32. The monoisotopic (exact) mass is 200 g/mol. The van der Waals surface area contributed by atoms with E-state index in [-0.39, 0.29) is 18.1 Å². The second-order valence-electron chi connectivity index (χ2n) is 3.32. The molecule has 1 heterocycles. The van der Waals surface area contributed by atoms with Crippen LogP contribution >= 0.6 is 0 Å². The number of primary amides is 1. The van der Waals surface area contributed by atoms with E-state index in [4.69, 9.17) is 5.73 Å². The highest BCUT2D eigenvalue weighted by atomic mass is 16.2. The number of amides is 4. The molecule has 1 aliphatic heterocycles. The summed E-state index contributed by atoms with van der Waals surface area (Å²) in [6.45, 7) is 1.23. The average Bonchev–Trinajstić information content (AvgIpc) is 2.18. The molecule has 0 saturated carbocycles. The van der Waals surface area contributed by atoms with Crippen LogP contribution in [0.3, 0.4) is 0 Å². The van der Waals surface area contributed by atoms with Crippen molar-refractivity contribution in [2.24, 2.45) is 5.73 Å². The summed E-state index contributed by atoms with van der Waals surface area (Å²) >= 11 is 0. The predicted molar refractivity (Wildman–Crippen MR) is 51.8 cm³/mol. The number of nitrogens with two attached hydrogens (primary N) is 1. The fourth-order valence-corrected chi connectivity index (χ4v) is 1.50. The number of likely N-dealkylation sites (tertiary alicyclic amines) is 1. The van der Waals surface area contributed by atoms with Gasteiger partial charge in [-0.05, 0) is 12.8 Å². The Bertz CT molecular complexity index is 223. The first kappa shape index (κ1) is 10.6. The molecule has 0 spiro atoms. The predicted octanol–water partition coefficient (Wildman–Crippen LogP) is -0.541. The minimum atomic E-state index is -0.386. The van der Waals surface area contributed by atoms with Crippen molar-refractivity contribution >= 4 is 12.1 Å². The van der Waals surface area contributed by atoms with E-state index in [1.54, 1.807) is 11.9 Å². The van der Waals surface area contributed by atoms with E-state index < -0.39 is 0 Å². The lowest BCUT2D eigenvalue weighted by Gasteiger charge is -2.30. The first-order chi connectivity index (χ1) is 6.63. The van der Waals surface area contributed by atoms with Gasteiger partial charge in [0, 0.05) is 26.2 Å². The Balaban J connectivity index is 2.29. The van der Waals surface area contributed by atoms with Crippen molar-refractivity contribution in [3.8, 4) is 0 Å². The van der Waals surface area contributed by atoms with Crippen molar-refractivity contribution in [2.75, 3.05) is 20.1 Å². The summed E-state index contributed by atoms with van der Waals surface area (Å²) in [7, 11) is 1.58. The van der Waals surface area contributed by atoms with Gasteiger partial charge in [-0.2, -0.15) is 0 Å². The van der Waals surface area contributed by atoms with Gasteiger partial charge >= 0.3 is 12.1 Å². The van der Waals surface area contributed by atoms with E-state index in [2.05, 4.69) is 10.6 Å². The number of hydrogen-bond donors (Lipinski definition) is 3. The van der Waals surface area contributed by atoms with Crippen LogP contribution in [0.15, 0.2) is 0 Å². The average molecular weight is 200 g/mol. The molecule has 0 atom stereocenters. The number of nitrogens with zero attached hydrogens (tertiary/aromatic N) is 1. The van der Waals surface area contributed by atoms with Crippen molar-refractivity contribution in [2.45, 2.75) is 18.9 Å². The number of carbonyl (C=O) groups excluding carboxylic acids is 2. The van der Waals surface area contributed by atoms with Gasteiger partial charge < -0.3 is 21.3 Å². The van der Waals surface area contributed by atoms with Crippen molar-refractivity contribution in [1.82, 2.24) is 15.5 Å². The molecule has 4 amide bonds. The summed E-state index contributed by atoms with van der Waals surface area (Å²) < 4.78 is 0. The van der Waals surface area contributed by atoms with Crippen LogP contribution in [0.2, 0.25) is 0 Å². The molecular formula is C8H16N4O2. The third kappa shape index (κ3) is 2.79. The topological polar surface area (TPSA) is 87.5 Å². The van der Waals surface area contributed by atoms with E-state index in [0.717, 1.165) is 12.8 Å². The summed E-state index contributed by atoms with van der Waals surface area (Å²) in [5, 5.41) is 5.29. The number of urea groups is 2. The molecule has 0 aromatic rings. The van der Waals surface area contributed by atoms with Gasteiger partial charge in [0.05, 0.1) is 0 Å². The van der Waals surface area contributed by atoms with Crippen LogP contribution in [-0.4, -0.2) is 43.1 Å². The maximum atomic E-state index is 11.0. The van der Waals surface area contributed by atoms with Crippen molar-refractivity contribution in [3.63, 3.8) is 0 Å². The van der Waals surface area contributed by atoms with Crippen LogP contribution in [0.5, 0.6) is 0 Å². The maximum absolute atomic E-state index is 11.0. The van der Waals surface area contributed by atoms with Gasteiger partial charge in [-0.15, -0.1) is 0 Å². The summed E-state index contributed by atoms with van der Waals surface area (Å²) in [5.74, 6) is 0. The maximum Gasteiger partial charge on any atom is 0.314 e. The van der Waals surface area contributed by atoms with Crippen LogP contribution in [-0.2, 0) is 0 Å². The van der Waals surface area contributed by atoms with Crippen LogP contribution in [0.25, 0.3) is 0 Å². The van der Waals surface area contributed by atoms with E-state index in [1.807, 2.05) is 0 Å². The van der Waals surface area contributed by atoms with Gasteiger partial charge in [-0.1, -0.05) is 0 Å². The Morgan fingerprint density at radius 1 is 1.36 bits per heavy atom. The van der Waals surface area contributed by atoms with E-state index >= 15 is 0 Å². The van der Waals surface area contributed by atoms with Crippen LogP contribution in [0, 0.1) is 0 Å². The zero-order chi connectivity index (χ0) is 10.6. The van der Waals surface area contributed by atoms with Gasteiger partial charge in [0.25, 0.3) is 0 Å². The molecule has 0 aromatic carbocycles. The fourth-order valence-electron chi connectivity index (χ4n) is 1.50. The SMILES string of the molecule is CNC(=O)NC1CCN(C(N)=O)CC1. The molecule has 1 fully saturated rings. The summed E-state index contributed by atoms with van der Waals surface area (Å²) in [6, 6.07) is -0.420. The third-order valence-corrected chi connectivity index (χ3v) is 2.37. The molecule has 1 saturated heterocycles. The zero-order valence-corrected chi connectivity index (χ0v) is 8.25. The van der Waals surface area contributed by atoms with Gasteiger partial charge in [0.1, 0.15) is 0 Å². The largest absolute Gasteiger partial charge is 0.351 e. The van der Waals surface area contributed by atoms with Gasteiger partial charge in [0.15, 0.2) is 0 Å². The Labute approximate surface area is 82.8 Å². The number of piperidine rings is 1. The molecule has 0 aromatic heterocycles. The Morgan fingerprint density at radius 3 is 2.36 bits per heavy atom. The lowest BCUT2D eigenvalue weighted by atomic mass is 10.1. The molecule has 0 unspecified atom stereocenters. The molecule has 1 aliphatic rings. The molecular weight excluding hydrogens is 184 g/mol. The van der Waals surface area contributed by atoms with E-state index in [0.29, 0.717) is 13.1 Å². The Kier molecular flexibility index (Phi) is 3.55. The molecule has 0 aliphatic carbocycles. The minimum Gasteiger partial charge on any atom is -0.351 e. The molecule has 6 nitrogen and oxygen atoms in total. The first-order valence-electron chi connectivity index (χ1n) is 4.66. The summed E-state index contributed by atoms with van der Waals surface area (Å²) in [6.07, 6.45) is 1.52. The first-order valence-corrected chi connectivity index (χ1v) is 4.66. The van der Waals surface area contributed by atoms with Gasteiger partial charge in [-0.3, -0.25) is 0 Å². The highest BCUT2D eigenvalue weighted by Gasteiger charge is 2.21. The molecule has 14 heavy (non-hydrogen) atoms. The molecule has 4 N–H and O–H groups in total. The molecule has 6 heteroatoms. The summed E-state index contributed by atoms with van der Waals surface area (Å²) in [5.41, 5.74) is 5.13. The Morgan fingerprint density at radius 2 is 1.93 bits per heavy atom. The standard InChI is InChI=1S/C8H16N4O2/c1-10-8(14)11-6-2-4-12(5-3-6)7(9)13/h6H,2-5H2,1H3,(H2,9,13)(H2,10,11,14). The molecule has 80 valence electrons. The second kappa shape index (κ2) is 4.69. The quantitative estimate of drug-likeness (QED) is 0.530. The summed E-state index contributed by atoms with van der Waals surface area (Å²) in [4.78, 5) is 23.3. The highest BCUT2D eigenvalue weighted by molar-refractivity contribution is 5.74. The zero-order valence-electron chi connectivity index (χ0n) is 8.25. The van der Waals surface area contributed by atoms with Gasteiger partial charge in [0.2, 0.25) is 0 Å². The molecule has 0 bridgehead atoms. The molecule has 1 rings (SSSR count). The van der Waals surface area contributed by atoms with Crippen molar-refractivity contribution in [1.29, 1.82) is 0 Å². The van der Waals surface area contributed by atoms with Crippen LogP contribution in [0.1, 0.15) is 12.8 Å². The number of carbonyl (C=O) groups is 2. The lowest BCUT2D eigenvalue weighted by Crippen LogP contribution is -2.49. The van der Waals surface area contributed by atoms with Crippen LogP contribution in [0.4, 0.5) is 9.59 Å². The van der Waals surface area contributed by atoms with E-state index in [1.165, 1.54) is 0 Å². The number of hydrogen-bond acceptors (Lipinski definition) is 2. The number of nitrogens with one attached hydrogen (secondary N) is 2. The number of rotatable bonds is 1. The van der Waals surface area contributed by atoms with Gasteiger partial charge in [-0.25, -0.2) is 9.59 Å². The van der Waals surface area contributed by atoms with Crippen molar-refractivity contribution in [3.05, 3.63) is 0 Å². The minimum absolute atomic E-state index is 0.144. The van der Waals surface area contributed by atoms with E-state index in [9.17, 15) is 9.59 Å². The highest BCUT2D eigenvalue weighted by Crippen LogP contribution is 2.09. The lowest BCUT2D eigenvalue weighted by molar-refractivity contribution is 0.184. The smallest absolute Gasteiger partial charge is 0.314 e. The van der Waals surface area contributed by atoms with Crippen LogP contribution < -0.4 is 16.4 Å². The fraction of sp³-hybridized carbons (Fsp3) is 0.750. The Hall–Kier alpha value is -1.46.